The van der Waals surface area contributed by atoms with Gasteiger partial charge in [-0.2, -0.15) is 0 Å². The maximum absolute atomic E-state index is 10.0. The van der Waals surface area contributed by atoms with Gasteiger partial charge in [0, 0.05) is 128 Å². The van der Waals surface area contributed by atoms with Crippen LogP contribution in [0.1, 0.15) is 37.4 Å². The third kappa shape index (κ3) is 20.0. The molecular formula is C76H60Ir4N4O2S-4. The number of rotatable bonds is 8. The Morgan fingerprint density at radius 2 is 1.07 bits per heavy atom. The van der Waals surface area contributed by atoms with Crippen molar-refractivity contribution in [1.82, 2.24) is 19.9 Å². The molecule has 1 N–H and O–H groups in total. The van der Waals surface area contributed by atoms with Gasteiger partial charge in [0.2, 0.25) is 0 Å². The van der Waals surface area contributed by atoms with Gasteiger partial charge in [0.25, 0.3) is 0 Å². The molecule has 0 aliphatic carbocycles. The maximum atomic E-state index is 10.0. The normalized spacial score (nSPS) is 11.0. The van der Waals surface area contributed by atoms with E-state index in [0.29, 0.717) is 5.56 Å². The van der Waals surface area contributed by atoms with Crippen LogP contribution in [0.4, 0.5) is 0 Å². The number of aryl methyl sites for hydroxylation is 3. The van der Waals surface area contributed by atoms with Crippen LogP contribution in [0.2, 0.25) is 0 Å². The van der Waals surface area contributed by atoms with E-state index in [2.05, 4.69) is 131 Å². The zero-order valence-electron chi connectivity index (χ0n) is 52.9. The van der Waals surface area contributed by atoms with Gasteiger partial charge in [0.15, 0.2) is 5.78 Å². The summed E-state index contributed by atoms with van der Waals surface area (Å²) in [4.78, 5) is 28.9. The number of benzene rings is 8. The number of hydrogen-bond acceptors (Lipinski definition) is 7. The van der Waals surface area contributed by atoms with Crippen LogP contribution in [0, 0.1) is 45.0 Å². The number of carbonyl (C=O) groups excluding carboxylic acids is 1. The molecule has 0 fully saturated rings. The van der Waals surface area contributed by atoms with E-state index in [-0.39, 0.29) is 122 Å². The quantitative estimate of drug-likeness (QED) is 0.0926. The molecule has 0 aliphatic heterocycles. The Hall–Kier alpha value is -7.61. The van der Waals surface area contributed by atoms with Crippen LogP contribution in [0.3, 0.4) is 0 Å². The molecule has 13 rings (SSSR count). The summed E-state index contributed by atoms with van der Waals surface area (Å²) < 4.78 is 41.2. The van der Waals surface area contributed by atoms with Crippen molar-refractivity contribution < 1.29 is 97.2 Å². The van der Waals surface area contributed by atoms with Crippen LogP contribution < -0.4 is 0 Å². The zero-order valence-corrected chi connectivity index (χ0v) is 58.3. The summed E-state index contributed by atoms with van der Waals surface area (Å²) in [5.41, 5.74) is 15.4. The van der Waals surface area contributed by atoms with E-state index in [1.165, 1.54) is 63.4 Å². The van der Waals surface area contributed by atoms with Gasteiger partial charge >= 0.3 is 0 Å². The standard InChI is InChI=1S/C22H16N.2C18H14N.C13H8NS.C5H8O2.4Ir/c1-16-14-22(23-15-21(16)18-8-3-2-4-9-18)20-13-7-11-17-10-5-6-12-19(17)20;1-14-12-18(16-10-6-3-7-11-16)19-13-17(14)15-8-4-2-5-9-15;1-14-13-16(18-9-5-6-12-19-18)10-11-17(14)15-7-3-2-4-8-15;1-2-7-12-10(5-1)9-13(15-12)11-6-3-4-8-14-11;1-4(6)3-5(2)7;;;;/h2-12,14-15H,1H3;2-10,12-13H,1H3;2-9,11-13H,1H3;1-8H;3,6H,1-2H3;;;;/q4*-1;;;;;/i2D,3D,4D,8D,9D;;;;;;;;. The predicted octanol–water partition coefficient (Wildman–Crippen LogP) is 19.5. The van der Waals surface area contributed by atoms with E-state index in [9.17, 15) is 4.79 Å². The van der Waals surface area contributed by atoms with Gasteiger partial charge in [-0.15, -0.1) is 118 Å². The number of ketones is 1. The molecule has 8 aromatic carbocycles. The molecule has 5 aromatic heterocycles. The minimum Gasteiger partial charge on any atom is -0.512 e. The van der Waals surface area contributed by atoms with Gasteiger partial charge in [-0.3, -0.25) is 4.79 Å². The first-order valence-corrected chi connectivity index (χ1v) is 27.6. The summed E-state index contributed by atoms with van der Waals surface area (Å²) >= 11 is 1.73. The molecule has 0 saturated heterocycles. The summed E-state index contributed by atoms with van der Waals surface area (Å²) in [5, 5.41) is 11.7. The Bertz CT molecular complexity index is 4360. The van der Waals surface area contributed by atoms with Crippen molar-refractivity contribution in [3.05, 3.63) is 314 Å². The van der Waals surface area contributed by atoms with Crippen LogP contribution in [0.25, 0.3) is 98.6 Å². The molecule has 4 radical (unpaired) electrons. The number of nitrogens with zero attached hydrogens (tertiary/aromatic N) is 4. The smallest absolute Gasteiger partial charge is 0.155 e. The van der Waals surface area contributed by atoms with Crippen molar-refractivity contribution in [3.8, 4) is 77.7 Å². The van der Waals surface area contributed by atoms with Gasteiger partial charge in [0.1, 0.15) is 0 Å². The molecule has 6 nitrogen and oxygen atoms in total. The molecule has 0 amide bonds. The first-order valence-electron chi connectivity index (χ1n) is 29.3. The van der Waals surface area contributed by atoms with Gasteiger partial charge in [0.05, 0.1) is 12.6 Å². The van der Waals surface area contributed by atoms with E-state index in [1.54, 1.807) is 17.5 Å². The summed E-state index contributed by atoms with van der Waals surface area (Å²) in [5.74, 6) is -0.0625. The fourth-order valence-corrected chi connectivity index (χ4v) is 9.89. The van der Waals surface area contributed by atoms with Crippen molar-refractivity contribution >= 4 is 38.0 Å². The third-order valence-electron chi connectivity index (χ3n) is 12.9. The number of aliphatic hydroxyl groups is 1. The number of aliphatic hydroxyl groups excluding tert-OH is 1. The molecule has 0 atom stereocenters. The van der Waals surface area contributed by atoms with E-state index in [1.807, 2.05) is 159 Å². The first-order chi connectivity index (χ1) is 42.6. The first kappa shape index (κ1) is 62.4. The molecule has 0 unspecified atom stereocenters. The van der Waals surface area contributed by atoms with Gasteiger partial charge < -0.3 is 25.0 Å². The van der Waals surface area contributed by atoms with Crippen molar-refractivity contribution in [1.29, 1.82) is 0 Å². The molecule has 87 heavy (non-hydrogen) atoms. The van der Waals surface area contributed by atoms with Crippen LogP contribution in [-0.2, 0) is 85.2 Å². The third-order valence-corrected chi connectivity index (χ3v) is 14.0. The van der Waals surface area contributed by atoms with E-state index >= 15 is 0 Å². The molecule has 442 valence electrons. The second kappa shape index (κ2) is 35.9. The number of fused-ring (bicyclic) bond motifs is 2. The molecule has 5 heterocycles. The van der Waals surface area contributed by atoms with Gasteiger partial charge in [-0.25, -0.2) is 11.3 Å². The fraction of sp³-hybridized carbons (Fsp3) is 0.0658. The van der Waals surface area contributed by atoms with Crippen molar-refractivity contribution in [2.24, 2.45) is 0 Å². The van der Waals surface area contributed by atoms with Crippen LogP contribution in [-0.4, -0.2) is 30.8 Å². The Balaban J connectivity index is 0.000000216. The van der Waals surface area contributed by atoms with Crippen LogP contribution in [0.15, 0.2) is 273 Å². The van der Waals surface area contributed by atoms with E-state index in [4.69, 9.17) is 12.0 Å². The molecule has 0 saturated carbocycles. The number of hydrogen-bond donors (Lipinski definition) is 1. The number of aromatic nitrogens is 4. The van der Waals surface area contributed by atoms with Crippen LogP contribution >= 0.6 is 11.3 Å². The van der Waals surface area contributed by atoms with E-state index < -0.39 is 6.04 Å². The Morgan fingerprint density at radius 3 is 1.66 bits per heavy atom. The summed E-state index contributed by atoms with van der Waals surface area (Å²) in [6, 6.07) is 80.4. The summed E-state index contributed by atoms with van der Waals surface area (Å²) in [6.07, 6.45) is 8.31. The predicted molar refractivity (Wildman–Crippen MR) is 345 cm³/mol. The maximum Gasteiger partial charge on any atom is 0.155 e. The van der Waals surface area contributed by atoms with Crippen LogP contribution in [0.5, 0.6) is 0 Å². The molecule has 0 spiro atoms. The average molecular weight is 1870 g/mol. The summed E-state index contributed by atoms with van der Waals surface area (Å²) in [6.45, 7) is 8.95. The molecule has 13 aromatic rings. The second-order valence-electron chi connectivity index (χ2n) is 19.0. The monoisotopic (exact) mass is 1870 g/mol. The topological polar surface area (TPSA) is 88.9 Å². The summed E-state index contributed by atoms with van der Waals surface area (Å²) in [7, 11) is 0. The Labute approximate surface area is 576 Å². The minimum absolute atomic E-state index is 0. The number of carbonyl (C=O) groups is 1. The SMILES string of the molecule is CC(=O)C=C(C)O.Cc1cc(-c2[c-]cccc2)ncc1-c1ccccc1.Cc1cc(-c2ccccn2)[c-]cc1-c1ccccc1.[2H]c1c([2H])c([2H])c(-c2cnc(-c3[c-]ccc4ccccc34)cc2C)c([2H])c1[2H].[Ir].[Ir].[Ir].[Ir].[c-]1c(-c2ccccn2)sc2ccccc12. The number of thiophene rings is 1. The molecule has 0 bridgehead atoms. The number of allylic oxidation sites excluding steroid dienone is 2. The Morgan fingerprint density at radius 1 is 0.506 bits per heavy atom. The van der Waals surface area contributed by atoms with E-state index in [0.717, 1.165) is 60.7 Å². The molecule has 11 heteroatoms. The van der Waals surface area contributed by atoms with Crippen molar-refractivity contribution in [2.45, 2.75) is 34.6 Å². The zero-order chi connectivity index (χ0) is 62.1. The van der Waals surface area contributed by atoms with Crippen molar-refractivity contribution in [3.63, 3.8) is 0 Å². The second-order valence-corrected chi connectivity index (χ2v) is 20.1. The molecular weight excluding hydrogens is 1800 g/mol. The van der Waals surface area contributed by atoms with Crippen molar-refractivity contribution in [2.75, 3.05) is 0 Å². The molecule has 0 aliphatic rings. The minimum atomic E-state index is -0.397. The van der Waals surface area contributed by atoms with Gasteiger partial charge in [-0.1, -0.05) is 187 Å². The number of pyridine rings is 4. The average Bonchev–Trinajstić information content (AvgIpc) is 0.973. The van der Waals surface area contributed by atoms with Gasteiger partial charge in [-0.05, 0) is 88.7 Å². The Kier molecular flexibility index (Phi) is 25.7. The fourth-order valence-electron chi connectivity index (χ4n) is 8.91. The largest absolute Gasteiger partial charge is 0.512 e.